The van der Waals surface area contributed by atoms with Crippen molar-refractivity contribution in [2.45, 2.75) is 63.9 Å². The molecule has 0 unspecified atom stereocenters. The molecule has 1 N–H and O–H groups in total. The van der Waals surface area contributed by atoms with Crippen LogP contribution < -0.4 is 4.74 Å². The summed E-state index contributed by atoms with van der Waals surface area (Å²) >= 11 is 0. The van der Waals surface area contributed by atoms with Crippen LogP contribution in [-0.2, 0) is 35.1 Å². The highest BCUT2D eigenvalue weighted by atomic mass is 16.8. The Labute approximate surface area is 170 Å². The maximum Gasteiger partial charge on any atom is 0.330 e. The van der Waals surface area contributed by atoms with E-state index in [1.54, 1.807) is 27.9 Å². The first kappa shape index (κ1) is 21.7. The Balaban J connectivity index is 1.66. The van der Waals surface area contributed by atoms with Gasteiger partial charge in [0.15, 0.2) is 12.1 Å². The molecule has 0 amide bonds. The second kappa shape index (κ2) is 9.23. The zero-order valence-corrected chi connectivity index (χ0v) is 17.1. The van der Waals surface area contributed by atoms with Crippen LogP contribution in [0.25, 0.3) is 0 Å². The second-order valence-electron chi connectivity index (χ2n) is 7.29. The van der Waals surface area contributed by atoms with Crippen molar-refractivity contribution >= 4 is 5.97 Å². The van der Waals surface area contributed by atoms with Crippen molar-refractivity contribution in [3.63, 3.8) is 0 Å². The molecular formula is C21H28O8. The van der Waals surface area contributed by atoms with Crippen molar-refractivity contribution < 1.29 is 38.3 Å². The van der Waals surface area contributed by atoms with E-state index in [2.05, 4.69) is 0 Å². The third-order valence-corrected chi connectivity index (χ3v) is 4.67. The molecule has 8 heteroatoms. The molecule has 1 aromatic carbocycles. The van der Waals surface area contributed by atoms with E-state index in [1.165, 1.54) is 12.2 Å². The number of carbonyl (C=O) groups is 1. The van der Waals surface area contributed by atoms with E-state index >= 15 is 0 Å². The van der Waals surface area contributed by atoms with Crippen molar-refractivity contribution in [3.05, 3.63) is 42.0 Å². The lowest BCUT2D eigenvalue weighted by molar-refractivity contribution is -0.243. The quantitative estimate of drug-likeness (QED) is 0.515. The average Bonchev–Trinajstić information content (AvgIpc) is 3.18. The number of esters is 1. The first-order chi connectivity index (χ1) is 13.8. The van der Waals surface area contributed by atoms with E-state index in [-0.39, 0.29) is 6.61 Å². The summed E-state index contributed by atoms with van der Waals surface area (Å²) in [5, 5.41) is 10.5. The van der Waals surface area contributed by atoms with Crippen LogP contribution in [0.2, 0.25) is 0 Å². The van der Waals surface area contributed by atoms with Crippen LogP contribution in [0.4, 0.5) is 0 Å². The molecule has 0 bridgehead atoms. The number of hydrogen-bond donors (Lipinski definition) is 1. The molecule has 8 nitrogen and oxygen atoms in total. The van der Waals surface area contributed by atoms with Gasteiger partial charge < -0.3 is 33.5 Å². The van der Waals surface area contributed by atoms with Crippen molar-refractivity contribution in [1.29, 1.82) is 0 Å². The van der Waals surface area contributed by atoms with Gasteiger partial charge in [0, 0.05) is 6.08 Å². The van der Waals surface area contributed by atoms with Crippen LogP contribution in [0.15, 0.2) is 36.4 Å². The molecule has 2 fully saturated rings. The highest BCUT2D eigenvalue weighted by Crippen LogP contribution is 2.40. The lowest BCUT2D eigenvalue weighted by atomic mass is 10.1. The van der Waals surface area contributed by atoms with Gasteiger partial charge in [-0.3, -0.25) is 0 Å². The van der Waals surface area contributed by atoms with Gasteiger partial charge >= 0.3 is 5.97 Å². The molecule has 2 heterocycles. The van der Waals surface area contributed by atoms with Crippen molar-refractivity contribution in [2.24, 2.45) is 0 Å². The van der Waals surface area contributed by atoms with Gasteiger partial charge in [-0.25, -0.2) is 4.79 Å². The van der Waals surface area contributed by atoms with Gasteiger partial charge in [0.05, 0.1) is 20.3 Å². The van der Waals surface area contributed by atoms with E-state index in [1.807, 2.05) is 24.3 Å². The highest BCUT2D eigenvalue weighted by molar-refractivity contribution is 5.81. The first-order valence-electron chi connectivity index (χ1n) is 9.61. The number of hydrogen-bond acceptors (Lipinski definition) is 8. The van der Waals surface area contributed by atoms with Gasteiger partial charge in [-0.15, -0.1) is 0 Å². The number of aliphatic hydroxyl groups is 1. The Morgan fingerprint density at radius 3 is 2.59 bits per heavy atom. The number of benzene rings is 1. The van der Waals surface area contributed by atoms with Crippen LogP contribution in [0.3, 0.4) is 0 Å². The zero-order valence-electron chi connectivity index (χ0n) is 17.1. The molecule has 0 saturated carbocycles. The van der Waals surface area contributed by atoms with E-state index < -0.39 is 42.5 Å². The number of ether oxygens (including phenoxy) is 6. The molecule has 2 saturated heterocycles. The number of rotatable bonds is 8. The Kier molecular flexibility index (Phi) is 6.92. The van der Waals surface area contributed by atoms with Crippen molar-refractivity contribution in [3.8, 4) is 5.75 Å². The summed E-state index contributed by atoms with van der Waals surface area (Å²) in [7, 11) is 1.61. The highest BCUT2D eigenvalue weighted by Gasteiger charge is 2.57. The van der Waals surface area contributed by atoms with Crippen molar-refractivity contribution in [2.75, 3.05) is 13.7 Å². The molecule has 1 aromatic rings. The van der Waals surface area contributed by atoms with E-state index in [4.69, 9.17) is 28.4 Å². The Morgan fingerprint density at radius 1 is 1.24 bits per heavy atom. The molecule has 160 valence electrons. The van der Waals surface area contributed by atoms with E-state index in [9.17, 15) is 9.90 Å². The normalized spacial score (nSPS) is 29.0. The number of methoxy groups -OCH3 is 1. The van der Waals surface area contributed by atoms with E-state index in [0.717, 1.165) is 11.3 Å². The summed E-state index contributed by atoms with van der Waals surface area (Å²) in [4.78, 5) is 11.5. The van der Waals surface area contributed by atoms with Crippen LogP contribution >= 0.6 is 0 Å². The standard InChI is InChI=1S/C21H28O8/c1-5-25-16(23)11-10-15(22)17-18-19(29-21(2,3)28-18)20(27-17)26-12-13-6-8-14(24-4)9-7-13/h6-11,15,17-20,22H,5,12H2,1-4H3/b11-10+/t15-,17-,18+,19+,20+/m1/s1. The summed E-state index contributed by atoms with van der Waals surface area (Å²) in [5.74, 6) is -0.599. The van der Waals surface area contributed by atoms with Gasteiger partial charge in [0.2, 0.25) is 0 Å². The molecule has 0 radical (unpaired) electrons. The van der Waals surface area contributed by atoms with Crippen LogP contribution in [0.1, 0.15) is 26.3 Å². The van der Waals surface area contributed by atoms with Gasteiger partial charge in [-0.2, -0.15) is 0 Å². The number of carbonyl (C=O) groups excluding carboxylic acids is 1. The fourth-order valence-electron chi connectivity index (χ4n) is 3.38. The lowest BCUT2D eigenvalue weighted by Crippen LogP contribution is -2.37. The minimum absolute atomic E-state index is 0.260. The van der Waals surface area contributed by atoms with Gasteiger partial charge in [0.25, 0.3) is 0 Å². The summed E-state index contributed by atoms with van der Waals surface area (Å²) < 4.78 is 33.7. The molecule has 3 rings (SSSR count). The summed E-state index contributed by atoms with van der Waals surface area (Å²) in [6.07, 6.45) is -1.07. The minimum Gasteiger partial charge on any atom is -0.497 e. The molecule has 2 aliphatic rings. The van der Waals surface area contributed by atoms with Gasteiger partial charge in [0.1, 0.15) is 30.2 Å². The second-order valence-corrected chi connectivity index (χ2v) is 7.29. The summed E-state index contributed by atoms with van der Waals surface area (Å²) in [5.41, 5.74) is 0.940. The van der Waals surface area contributed by atoms with Gasteiger partial charge in [-0.05, 0) is 44.5 Å². The number of aliphatic hydroxyl groups excluding tert-OH is 1. The molecule has 0 aliphatic carbocycles. The Morgan fingerprint density at radius 2 is 1.93 bits per heavy atom. The van der Waals surface area contributed by atoms with E-state index in [0.29, 0.717) is 6.61 Å². The largest absolute Gasteiger partial charge is 0.497 e. The maximum atomic E-state index is 11.5. The predicted molar refractivity (Wildman–Crippen MR) is 102 cm³/mol. The number of fused-ring (bicyclic) bond motifs is 1. The molecule has 0 spiro atoms. The monoisotopic (exact) mass is 408 g/mol. The molecular weight excluding hydrogens is 380 g/mol. The van der Waals surface area contributed by atoms with Crippen LogP contribution in [0, 0.1) is 0 Å². The fraction of sp³-hybridized carbons (Fsp3) is 0.571. The lowest BCUT2D eigenvalue weighted by Gasteiger charge is -2.25. The van der Waals surface area contributed by atoms with Crippen molar-refractivity contribution in [1.82, 2.24) is 0 Å². The molecule has 2 aliphatic heterocycles. The van der Waals surface area contributed by atoms with Crippen LogP contribution in [-0.4, -0.2) is 61.3 Å². The maximum absolute atomic E-state index is 11.5. The van der Waals surface area contributed by atoms with Gasteiger partial charge in [-0.1, -0.05) is 12.1 Å². The summed E-state index contributed by atoms with van der Waals surface area (Å²) in [6.45, 7) is 5.86. The van der Waals surface area contributed by atoms with Crippen LogP contribution in [0.5, 0.6) is 5.75 Å². The fourth-order valence-corrected chi connectivity index (χ4v) is 3.38. The molecule has 5 atom stereocenters. The third kappa shape index (κ3) is 5.34. The SMILES string of the molecule is CCOC(=O)/C=C/[C@@H](O)[C@H]1O[C@H](OCc2ccc(OC)cc2)[C@H]2OC(C)(C)O[C@H]21. The minimum atomic E-state index is -1.08. The topological polar surface area (TPSA) is 92.7 Å². The third-order valence-electron chi connectivity index (χ3n) is 4.67. The summed E-state index contributed by atoms with van der Waals surface area (Å²) in [6, 6.07) is 7.50. The Bertz CT molecular complexity index is 714. The average molecular weight is 408 g/mol. The molecule has 0 aromatic heterocycles. The molecule has 29 heavy (non-hydrogen) atoms. The predicted octanol–water partition coefficient (Wildman–Crippen LogP) is 1.94. The first-order valence-corrected chi connectivity index (χ1v) is 9.61. The Hall–Kier alpha value is -1.97. The smallest absolute Gasteiger partial charge is 0.330 e. The zero-order chi connectivity index (χ0) is 21.0.